The molecule has 1 saturated heterocycles. The van der Waals surface area contributed by atoms with Crippen LogP contribution < -0.4 is 5.32 Å². The van der Waals surface area contributed by atoms with Crippen molar-refractivity contribution in [2.45, 2.75) is 45.3 Å². The molecule has 15 heavy (non-hydrogen) atoms. The van der Waals surface area contributed by atoms with Crippen molar-refractivity contribution in [2.75, 3.05) is 13.2 Å². The molecule has 0 aromatic carbocycles. The van der Waals surface area contributed by atoms with Gasteiger partial charge in [0.25, 0.3) is 0 Å². The van der Waals surface area contributed by atoms with Crippen LogP contribution in [-0.4, -0.2) is 36.4 Å². The summed E-state index contributed by atoms with van der Waals surface area (Å²) < 4.78 is 5.35. The lowest BCUT2D eigenvalue weighted by Crippen LogP contribution is -2.39. The number of carbonyl (C=O) groups is 1. The van der Waals surface area contributed by atoms with E-state index >= 15 is 0 Å². The second kappa shape index (κ2) is 6.08. The SMILES string of the molecule is CC(CCCO)NC(=O)C1CCOC1C. The number of ether oxygens (including phenoxy) is 1. The molecule has 0 aromatic rings. The summed E-state index contributed by atoms with van der Waals surface area (Å²) in [6, 6.07) is 0.137. The van der Waals surface area contributed by atoms with Gasteiger partial charge in [0.1, 0.15) is 0 Å². The van der Waals surface area contributed by atoms with Gasteiger partial charge < -0.3 is 15.2 Å². The number of hydrogen-bond acceptors (Lipinski definition) is 3. The molecular weight excluding hydrogens is 194 g/mol. The van der Waals surface area contributed by atoms with E-state index in [1.165, 1.54) is 0 Å². The molecule has 3 atom stereocenters. The molecule has 1 aliphatic rings. The Balaban J connectivity index is 2.28. The summed E-state index contributed by atoms with van der Waals surface area (Å²) in [7, 11) is 0. The monoisotopic (exact) mass is 215 g/mol. The summed E-state index contributed by atoms with van der Waals surface area (Å²) >= 11 is 0. The van der Waals surface area contributed by atoms with Gasteiger partial charge in [-0.1, -0.05) is 0 Å². The molecule has 1 rings (SSSR count). The lowest BCUT2D eigenvalue weighted by Gasteiger charge is -2.18. The Morgan fingerprint density at radius 2 is 2.40 bits per heavy atom. The number of amides is 1. The second-order valence-electron chi connectivity index (χ2n) is 4.25. The van der Waals surface area contributed by atoms with E-state index in [-0.39, 0.29) is 30.6 Å². The molecule has 0 aromatic heterocycles. The van der Waals surface area contributed by atoms with E-state index in [0.717, 1.165) is 19.3 Å². The molecule has 1 amide bonds. The highest BCUT2D eigenvalue weighted by molar-refractivity contribution is 5.79. The third kappa shape index (κ3) is 3.80. The van der Waals surface area contributed by atoms with Crippen LogP contribution in [0.2, 0.25) is 0 Å². The Morgan fingerprint density at radius 1 is 1.67 bits per heavy atom. The minimum Gasteiger partial charge on any atom is -0.396 e. The third-order valence-corrected chi connectivity index (χ3v) is 2.90. The smallest absolute Gasteiger partial charge is 0.226 e. The number of aliphatic hydroxyl groups is 1. The van der Waals surface area contributed by atoms with Crippen molar-refractivity contribution < 1.29 is 14.6 Å². The fraction of sp³-hybridized carbons (Fsp3) is 0.909. The summed E-state index contributed by atoms with van der Waals surface area (Å²) in [5.74, 6) is 0.0898. The molecule has 0 bridgehead atoms. The fourth-order valence-corrected chi connectivity index (χ4v) is 1.90. The van der Waals surface area contributed by atoms with Crippen LogP contribution in [0.1, 0.15) is 33.1 Å². The Morgan fingerprint density at radius 3 is 2.93 bits per heavy atom. The number of aliphatic hydroxyl groups excluding tert-OH is 1. The molecule has 0 aliphatic carbocycles. The normalized spacial score (nSPS) is 27.7. The summed E-state index contributed by atoms with van der Waals surface area (Å²) in [5.41, 5.74) is 0. The van der Waals surface area contributed by atoms with Gasteiger partial charge in [-0.2, -0.15) is 0 Å². The van der Waals surface area contributed by atoms with Gasteiger partial charge in [-0.05, 0) is 33.1 Å². The molecule has 88 valence electrons. The summed E-state index contributed by atoms with van der Waals surface area (Å²) in [6.07, 6.45) is 2.41. The van der Waals surface area contributed by atoms with Gasteiger partial charge in [0.05, 0.1) is 12.0 Å². The molecule has 4 heteroatoms. The van der Waals surface area contributed by atoms with Crippen molar-refractivity contribution in [1.82, 2.24) is 5.32 Å². The fourth-order valence-electron chi connectivity index (χ4n) is 1.90. The van der Waals surface area contributed by atoms with Crippen molar-refractivity contribution in [3.05, 3.63) is 0 Å². The topological polar surface area (TPSA) is 58.6 Å². The van der Waals surface area contributed by atoms with Gasteiger partial charge in [0.15, 0.2) is 0 Å². The largest absolute Gasteiger partial charge is 0.396 e. The maximum atomic E-state index is 11.8. The number of hydrogen-bond donors (Lipinski definition) is 2. The van der Waals surface area contributed by atoms with Crippen molar-refractivity contribution in [2.24, 2.45) is 5.92 Å². The van der Waals surface area contributed by atoms with Crippen molar-refractivity contribution >= 4 is 5.91 Å². The van der Waals surface area contributed by atoms with E-state index < -0.39 is 0 Å². The average molecular weight is 215 g/mol. The van der Waals surface area contributed by atoms with Gasteiger partial charge >= 0.3 is 0 Å². The van der Waals surface area contributed by atoms with E-state index in [2.05, 4.69) is 5.32 Å². The summed E-state index contributed by atoms with van der Waals surface area (Å²) in [6.45, 7) is 4.77. The van der Waals surface area contributed by atoms with Crippen LogP contribution in [0, 0.1) is 5.92 Å². The Labute approximate surface area is 91.0 Å². The summed E-state index contributed by atoms with van der Waals surface area (Å²) in [5, 5.41) is 11.6. The Kier molecular flexibility index (Phi) is 5.05. The third-order valence-electron chi connectivity index (χ3n) is 2.90. The van der Waals surface area contributed by atoms with E-state index in [1.54, 1.807) is 0 Å². The van der Waals surface area contributed by atoms with E-state index in [1.807, 2.05) is 13.8 Å². The zero-order valence-electron chi connectivity index (χ0n) is 9.53. The predicted molar refractivity (Wildman–Crippen MR) is 57.4 cm³/mol. The number of rotatable bonds is 5. The molecule has 0 spiro atoms. The zero-order chi connectivity index (χ0) is 11.3. The van der Waals surface area contributed by atoms with Gasteiger partial charge in [-0.15, -0.1) is 0 Å². The highest BCUT2D eigenvalue weighted by atomic mass is 16.5. The Hall–Kier alpha value is -0.610. The molecule has 4 nitrogen and oxygen atoms in total. The predicted octanol–water partition coefficient (Wildman–Crippen LogP) is 0.689. The van der Waals surface area contributed by atoms with Gasteiger partial charge in [-0.3, -0.25) is 4.79 Å². The highest BCUT2D eigenvalue weighted by Crippen LogP contribution is 2.20. The van der Waals surface area contributed by atoms with E-state index in [9.17, 15) is 4.79 Å². The van der Waals surface area contributed by atoms with Crippen LogP contribution >= 0.6 is 0 Å². The quantitative estimate of drug-likeness (QED) is 0.709. The highest BCUT2D eigenvalue weighted by Gasteiger charge is 2.30. The van der Waals surface area contributed by atoms with Crippen LogP contribution in [0.15, 0.2) is 0 Å². The minimum absolute atomic E-state index is 0.00146. The summed E-state index contributed by atoms with van der Waals surface area (Å²) in [4.78, 5) is 11.8. The van der Waals surface area contributed by atoms with Gasteiger partial charge in [-0.25, -0.2) is 0 Å². The van der Waals surface area contributed by atoms with E-state index in [0.29, 0.717) is 6.61 Å². The molecule has 0 radical (unpaired) electrons. The standard InChI is InChI=1S/C11H21NO3/c1-8(4-3-6-13)12-11(14)10-5-7-15-9(10)2/h8-10,13H,3-7H2,1-2H3,(H,12,14). The molecule has 2 N–H and O–H groups in total. The van der Waals surface area contributed by atoms with Crippen LogP contribution in [-0.2, 0) is 9.53 Å². The van der Waals surface area contributed by atoms with Gasteiger partial charge in [0.2, 0.25) is 5.91 Å². The first-order valence-corrected chi connectivity index (χ1v) is 5.68. The van der Waals surface area contributed by atoms with Gasteiger partial charge in [0, 0.05) is 19.3 Å². The van der Waals surface area contributed by atoms with Crippen molar-refractivity contribution in [3.8, 4) is 0 Å². The van der Waals surface area contributed by atoms with Crippen molar-refractivity contribution in [1.29, 1.82) is 0 Å². The lowest BCUT2D eigenvalue weighted by molar-refractivity contribution is -0.127. The molecular formula is C11H21NO3. The molecule has 0 saturated carbocycles. The first kappa shape index (κ1) is 12.5. The molecule has 1 heterocycles. The van der Waals surface area contributed by atoms with E-state index in [4.69, 9.17) is 9.84 Å². The van der Waals surface area contributed by atoms with Crippen LogP contribution in [0.25, 0.3) is 0 Å². The maximum Gasteiger partial charge on any atom is 0.226 e. The molecule has 1 fully saturated rings. The lowest BCUT2D eigenvalue weighted by atomic mass is 10.0. The van der Waals surface area contributed by atoms with Crippen LogP contribution in [0.4, 0.5) is 0 Å². The Bertz CT molecular complexity index is 208. The van der Waals surface area contributed by atoms with Crippen LogP contribution in [0.3, 0.4) is 0 Å². The minimum atomic E-state index is 0.00146. The molecule has 3 unspecified atom stereocenters. The van der Waals surface area contributed by atoms with Crippen LogP contribution in [0.5, 0.6) is 0 Å². The second-order valence-corrected chi connectivity index (χ2v) is 4.25. The number of carbonyl (C=O) groups excluding carboxylic acids is 1. The average Bonchev–Trinajstić information content (AvgIpc) is 2.61. The maximum absolute atomic E-state index is 11.8. The zero-order valence-corrected chi connectivity index (χ0v) is 9.53. The first-order chi connectivity index (χ1) is 7.15. The number of nitrogens with one attached hydrogen (secondary N) is 1. The van der Waals surface area contributed by atoms with Crippen molar-refractivity contribution in [3.63, 3.8) is 0 Å². The first-order valence-electron chi connectivity index (χ1n) is 5.68. The molecule has 1 aliphatic heterocycles.